The first-order chi connectivity index (χ1) is 14.5. The summed E-state index contributed by atoms with van der Waals surface area (Å²) in [5.41, 5.74) is 0.802. The maximum absolute atomic E-state index is 12.8. The van der Waals surface area contributed by atoms with Crippen LogP contribution in [0.5, 0.6) is 5.75 Å². The number of ether oxygens (including phenoxy) is 3. The third kappa shape index (κ3) is 5.27. The first kappa shape index (κ1) is 21.6. The van der Waals surface area contributed by atoms with Crippen molar-refractivity contribution in [2.24, 2.45) is 0 Å². The van der Waals surface area contributed by atoms with Crippen LogP contribution >= 0.6 is 0 Å². The van der Waals surface area contributed by atoms with E-state index in [9.17, 15) is 14.4 Å². The minimum Gasteiger partial charge on any atom is -0.492 e. The van der Waals surface area contributed by atoms with E-state index in [1.807, 2.05) is 0 Å². The quantitative estimate of drug-likeness (QED) is 0.524. The third-order valence-corrected chi connectivity index (χ3v) is 4.94. The van der Waals surface area contributed by atoms with Crippen LogP contribution in [0.25, 0.3) is 0 Å². The maximum atomic E-state index is 12.8. The molecule has 0 bridgehead atoms. The zero-order valence-electron chi connectivity index (χ0n) is 17.2. The van der Waals surface area contributed by atoms with Crippen LogP contribution in [0.15, 0.2) is 41.3 Å². The molecular weight excluding hydrogens is 388 g/mol. The van der Waals surface area contributed by atoms with Gasteiger partial charge < -0.3 is 24.1 Å². The van der Waals surface area contributed by atoms with E-state index in [0.717, 1.165) is 12.8 Å². The number of carbonyl (C=O) groups is 2. The second-order valence-corrected chi connectivity index (χ2v) is 7.09. The largest absolute Gasteiger partial charge is 0.492 e. The van der Waals surface area contributed by atoms with Gasteiger partial charge in [-0.2, -0.15) is 0 Å². The van der Waals surface area contributed by atoms with Crippen molar-refractivity contribution in [1.82, 2.24) is 9.88 Å². The second-order valence-electron chi connectivity index (χ2n) is 7.09. The van der Waals surface area contributed by atoms with Crippen LogP contribution < -0.4 is 15.6 Å². The molecule has 30 heavy (non-hydrogen) atoms. The van der Waals surface area contributed by atoms with Crippen molar-refractivity contribution in [3.8, 4) is 5.75 Å². The highest BCUT2D eigenvalue weighted by atomic mass is 16.5. The minimum atomic E-state index is -0.451. The Hall–Kier alpha value is -3.13. The SMILES string of the molecule is COC(=O)c1cccc(OCCNC(=O)c2c(C)ccn(CC3CCCO3)c2=O)c1. The van der Waals surface area contributed by atoms with Gasteiger partial charge in [0.1, 0.15) is 17.9 Å². The van der Waals surface area contributed by atoms with Gasteiger partial charge in [0.05, 0.1) is 31.9 Å². The molecule has 1 saturated heterocycles. The van der Waals surface area contributed by atoms with Crippen LogP contribution in [-0.4, -0.2) is 49.4 Å². The van der Waals surface area contributed by atoms with Crippen LogP contribution in [0.3, 0.4) is 0 Å². The Morgan fingerprint density at radius 1 is 1.30 bits per heavy atom. The molecule has 8 heteroatoms. The lowest BCUT2D eigenvalue weighted by Gasteiger charge is -2.14. The number of esters is 1. The van der Waals surface area contributed by atoms with Gasteiger partial charge in [-0.05, 0) is 49.6 Å². The number of rotatable bonds is 8. The molecule has 8 nitrogen and oxygen atoms in total. The number of aromatic nitrogens is 1. The normalized spacial score (nSPS) is 15.6. The molecule has 1 aromatic carbocycles. The number of nitrogens with zero attached hydrogens (tertiary/aromatic N) is 1. The van der Waals surface area contributed by atoms with Gasteiger partial charge in [-0.1, -0.05) is 6.07 Å². The lowest BCUT2D eigenvalue weighted by Crippen LogP contribution is -2.37. The average molecular weight is 414 g/mol. The number of methoxy groups -OCH3 is 1. The Morgan fingerprint density at radius 3 is 2.87 bits per heavy atom. The summed E-state index contributed by atoms with van der Waals surface area (Å²) in [7, 11) is 1.31. The highest BCUT2D eigenvalue weighted by Gasteiger charge is 2.20. The first-order valence-electron chi connectivity index (χ1n) is 9.90. The van der Waals surface area contributed by atoms with Crippen LogP contribution in [0.2, 0.25) is 0 Å². The van der Waals surface area contributed by atoms with Crippen LogP contribution in [0.1, 0.15) is 39.1 Å². The third-order valence-electron chi connectivity index (χ3n) is 4.94. The molecule has 0 radical (unpaired) electrons. The standard InChI is InChI=1S/C22H26N2O6/c1-15-8-10-24(14-18-7-4-11-29-18)21(26)19(15)20(25)23-9-12-30-17-6-3-5-16(13-17)22(27)28-2/h3,5-6,8,10,13,18H,4,7,9,11-12,14H2,1-2H3,(H,23,25). The van der Waals surface area contributed by atoms with Crippen LogP contribution in [-0.2, 0) is 16.0 Å². The predicted molar refractivity (Wildman–Crippen MR) is 110 cm³/mol. The van der Waals surface area contributed by atoms with Gasteiger partial charge in [-0.3, -0.25) is 9.59 Å². The summed E-state index contributed by atoms with van der Waals surface area (Å²) in [5, 5.41) is 2.72. The Labute approximate surface area is 174 Å². The predicted octanol–water partition coefficient (Wildman–Crippen LogP) is 1.93. The van der Waals surface area contributed by atoms with Gasteiger partial charge in [0, 0.05) is 12.8 Å². The molecule has 0 spiro atoms. The molecule has 1 atom stereocenters. The number of nitrogens with one attached hydrogen (secondary N) is 1. The molecule has 1 unspecified atom stereocenters. The highest BCUT2D eigenvalue weighted by molar-refractivity contribution is 5.95. The maximum Gasteiger partial charge on any atom is 0.337 e. The van der Waals surface area contributed by atoms with Crippen molar-refractivity contribution in [2.45, 2.75) is 32.4 Å². The number of hydrogen-bond acceptors (Lipinski definition) is 6. The van der Waals surface area contributed by atoms with Gasteiger partial charge in [0.25, 0.3) is 11.5 Å². The van der Waals surface area contributed by atoms with Gasteiger partial charge in [-0.25, -0.2) is 4.79 Å². The number of benzene rings is 1. The summed E-state index contributed by atoms with van der Waals surface area (Å²) in [6, 6.07) is 8.35. The minimum absolute atomic E-state index is 0.00970. The van der Waals surface area contributed by atoms with E-state index in [0.29, 0.717) is 30.0 Å². The number of aryl methyl sites for hydroxylation is 1. The summed E-state index contributed by atoms with van der Waals surface area (Å²) in [6.45, 7) is 3.29. The van der Waals surface area contributed by atoms with E-state index < -0.39 is 11.9 Å². The Morgan fingerprint density at radius 2 is 2.13 bits per heavy atom. The van der Waals surface area contributed by atoms with Crippen LogP contribution in [0, 0.1) is 6.92 Å². The highest BCUT2D eigenvalue weighted by Crippen LogP contribution is 2.15. The number of carbonyl (C=O) groups excluding carboxylic acids is 2. The van der Waals surface area contributed by atoms with Crippen molar-refractivity contribution in [3.63, 3.8) is 0 Å². The lowest BCUT2D eigenvalue weighted by atomic mass is 10.1. The molecule has 1 fully saturated rings. The zero-order valence-corrected chi connectivity index (χ0v) is 17.2. The molecule has 0 saturated carbocycles. The second kappa shape index (κ2) is 10.1. The lowest BCUT2D eigenvalue weighted by molar-refractivity contribution is 0.0600. The average Bonchev–Trinajstić information content (AvgIpc) is 3.26. The molecular formula is C22H26N2O6. The fraction of sp³-hybridized carbons (Fsp3) is 0.409. The number of amides is 1. The molecule has 2 aromatic rings. The van der Waals surface area contributed by atoms with Crippen molar-refractivity contribution >= 4 is 11.9 Å². The van der Waals surface area contributed by atoms with E-state index >= 15 is 0 Å². The molecule has 160 valence electrons. The first-order valence-corrected chi connectivity index (χ1v) is 9.90. The summed E-state index contributed by atoms with van der Waals surface area (Å²) >= 11 is 0. The van der Waals surface area contributed by atoms with Gasteiger partial charge in [-0.15, -0.1) is 0 Å². The molecule has 1 aliphatic heterocycles. The molecule has 1 N–H and O–H groups in total. The Bertz CT molecular complexity index is 962. The molecule has 1 aromatic heterocycles. The van der Waals surface area contributed by atoms with E-state index in [1.165, 1.54) is 11.7 Å². The van der Waals surface area contributed by atoms with Crippen molar-refractivity contribution in [1.29, 1.82) is 0 Å². The molecule has 2 heterocycles. The smallest absolute Gasteiger partial charge is 0.337 e. The van der Waals surface area contributed by atoms with E-state index in [-0.39, 0.29) is 30.4 Å². The summed E-state index contributed by atoms with van der Waals surface area (Å²) in [6.07, 6.45) is 3.61. The fourth-order valence-corrected chi connectivity index (χ4v) is 3.35. The summed E-state index contributed by atoms with van der Waals surface area (Å²) in [4.78, 5) is 36.9. The van der Waals surface area contributed by atoms with Gasteiger partial charge in [0.2, 0.25) is 0 Å². The zero-order chi connectivity index (χ0) is 21.5. The summed E-state index contributed by atoms with van der Waals surface area (Å²) < 4.78 is 17.4. The molecule has 0 aliphatic carbocycles. The monoisotopic (exact) mass is 414 g/mol. The van der Waals surface area contributed by atoms with Crippen molar-refractivity contribution < 1.29 is 23.8 Å². The fourth-order valence-electron chi connectivity index (χ4n) is 3.35. The van der Waals surface area contributed by atoms with Crippen LogP contribution in [0.4, 0.5) is 0 Å². The molecule has 1 amide bonds. The van der Waals surface area contributed by atoms with Gasteiger partial charge in [0.15, 0.2) is 0 Å². The van der Waals surface area contributed by atoms with E-state index in [4.69, 9.17) is 9.47 Å². The van der Waals surface area contributed by atoms with E-state index in [1.54, 1.807) is 43.5 Å². The van der Waals surface area contributed by atoms with Gasteiger partial charge >= 0.3 is 5.97 Å². The number of hydrogen-bond donors (Lipinski definition) is 1. The van der Waals surface area contributed by atoms with E-state index in [2.05, 4.69) is 10.1 Å². The van der Waals surface area contributed by atoms with Crippen molar-refractivity contribution in [2.75, 3.05) is 26.9 Å². The summed E-state index contributed by atoms with van der Waals surface area (Å²) in [5.74, 6) is -0.402. The van der Waals surface area contributed by atoms with Crippen molar-refractivity contribution in [3.05, 3.63) is 63.6 Å². The number of pyridine rings is 1. The Balaban J connectivity index is 1.57. The topological polar surface area (TPSA) is 95.9 Å². The molecule has 3 rings (SSSR count). The Kier molecular flexibility index (Phi) is 7.24. The molecule has 1 aliphatic rings.